The van der Waals surface area contributed by atoms with E-state index < -0.39 is 0 Å². The third kappa shape index (κ3) is 19.9. The van der Waals surface area contributed by atoms with Gasteiger partial charge in [0.15, 0.2) is 0 Å². The van der Waals surface area contributed by atoms with Gasteiger partial charge in [-0.1, -0.05) is 256 Å². The SMILES string of the molecule is CCCNC(=O)N1CC(=O)N2[C@@H](CO)[C@H](c3ccc(-c4cccc(C)c4)cc3)[C@@H]2C1.CCCNC(=O)N1CC(=O)N2[C@H](COC)[C@H](c3ccc(-c4cccc(C)c4)cc3)[C@@H]2C1.COC[C@H]1[C@H](c2ccc(-c3cccc(C)c3)cc2)[C@@H]2CN(C(=O)NC3CCCCC3)CC(=O)N12.Cc1cccc(-c2ccc([C@@H]3[C@@H](CO)N4C(=O)CN(C(=O)Cc5ccccn5)C[C@@H]34)cc2)c1. The van der Waals surface area contributed by atoms with Gasteiger partial charge in [-0.15, -0.1) is 0 Å². The van der Waals surface area contributed by atoms with Crippen LogP contribution in [-0.2, 0) is 39.9 Å². The summed E-state index contributed by atoms with van der Waals surface area (Å²) in [5, 5.41) is 28.9. The Balaban J connectivity index is 0.000000131. The summed E-state index contributed by atoms with van der Waals surface area (Å²) in [6.45, 7) is 16.9. The van der Waals surface area contributed by atoms with Crippen molar-refractivity contribution in [2.45, 2.75) is 171 Å². The summed E-state index contributed by atoms with van der Waals surface area (Å²) in [5.41, 5.74) is 19.5. The Morgan fingerprint density at radius 2 is 0.703 bits per heavy atom. The maximum atomic E-state index is 13.0. The lowest BCUT2D eigenvalue weighted by atomic mass is 9.73. The highest BCUT2D eigenvalue weighted by atomic mass is 16.5. The number of methoxy groups -OCH3 is 2. The minimum atomic E-state index is -0.250. The molecule has 5 N–H and O–H groups in total. The smallest absolute Gasteiger partial charge is 0.318 e. The molecule has 8 saturated heterocycles. The van der Waals surface area contributed by atoms with E-state index in [1.54, 1.807) is 49.8 Å². The molecule has 18 rings (SSSR count). The Hall–Kier alpha value is -12.1. The number of nitrogens with zero attached hydrogens (tertiary/aromatic N) is 9. The van der Waals surface area contributed by atoms with Crippen molar-refractivity contribution in [2.24, 2.45) is 0 Å². The number of aryl methyl sites for hydroxylation is 4. The number of urea groups is 3. The van der Waals surface area contributed by atoms with Gasteiger partial charge >= 0.3 is 18.1 Å². The van der Waals surface area contributed by atoms with Gasteiger partial charge in [-0.25, -0.2) is 14.4 Å². The molecule has 24 nitrogen and oxygen atoms in total. The molecule has 0 spiro atoms. The van der Waals surface area contributed by atoms with Crippen LogP contribution in [0.1, 0.15) is 133 Å². The lowest BCUT2D eigenvalue weighted by Gasteiger charge is -2.59. The van der Waals surface area contributed by atoms with Crippen LogP contribution in [-0.4, -0.2) is 262 Å². The molecule has 9 aliphatic rings. The van der Waals surface area contributed by atoms with Crippen molar-refractivity contribution in [3.63, 3.8) is 0 Å². The predicted molar refractivity (Wildman–Crippen MR) is 495 cm³/mol. The van der Waals surface area contributed by atoms with Crippen LogP contribution >= 0.6 is 0 Å². The van der Waals surface area contributed by atoms with E-state index in [1.165, 1.54) is 80.5 Å². The van der Waals surface area contributed by atoms with Gasteiger partial charge in [0.1, 0.15) is 19.6 Å². The number of aliphatic hydroxyl groups excluding tert-OH is 2. The third-order valence-electron chi connectivity index (χ3n) is 27.2. The summed E-state index contributed by atoms with van der Waals surface area (Å²) in [6.07, 6.45) is 9.22. The van der Waals surface area contributed by atoms with Gasteiger partial charge in [0.25, 0.3) is 0 Å². The molecule has 8 aromatic carbocycles. The summed E-state index contributed by atoms with van der Waals surface area (Å²) < 4.78 is 10.9. The van der Waals surface area contributed by atoms with Crippen molar-refractivity contribution in [3.8, 4) is 44.5 Å². The number of carbonyl (C=O) groups is 8. The zero-order chi connectivity index (χ0) is 89.8. The lowest BCUT2D eigenvalue weighted by Crippen LogP contribution is -2.74. The van der Waals surface area contributed by atoms with Gasteiger partial charge in [-0.3, -0.25) is 29.0 Å². The number of fused-ring (bicyclic) bond motifs is 4. The van der Waals surface area contributed by atoms with Crippen LogP contribution < -0.4 is 16.0 Å². The van der Waals surface area contributed by atoms with Gasteiger partial charge in [0, 0.05) is 95.1 Å². The lowest BCUT2D eigenvalue weighted by molar-refractivity contribution is -0.166. The molecule has 9 heterocycles. The molecule has 9 fully saturated rings. The summed E-state index contributed by atoms with van der Waals surface area (Å²) in [4.78, 5) is 120. The second kappa shape index (κ2) is 41.3. The van der Waals surface area contributed by atoms with E-state index in [0.29, 0.717) is 58.2 Å². The Labute approximate surface area is 752 Å². The number of benzene rings is 8. The fraction of sp³-hybridized carbons (Fsp3) is 0.413. The largest absolute Gasteiger partial charge is 0.394 e. The van der Waals surface area contributed by atoms with Crippen LogP contribution in [0.4, 0.5) is 14.4 Å². The fourth-order valence-electron chi connectivity index (χ4n) is 20.8. The van der Waals surface area contributed by atoms with Crippen LogP contribution in [0, 0.1) is 27.7 Å². The summed E-state index contributed by atoms with van der Waals surface area (Å²) in [5.74, 6) is 0.0445. The van der Waals surface area contributed by atoms with Crippen LogP contribution in [0.25, 0.3) is 44.5 Å². The maximum absolute atomic E-state index is 13.0. The number of hydrogen-bond acceptors (Lipinski definition) is 13. The molecule has 11 amide bonds. The van der Waals surface area contributed by atoms with Crippen molar-refractivity contribution in [1.29, 1.82) is 0 Å². The van der Waals surface area contributed by atoms with E-state index in [9.17, 15) is 48.6 Å². The molecule has 1 aromatic heterocycles. The molecule has 9 aromatic rings. The van der Waals surface area contributed by atoms with Crippen molar-refractivity contribution < 1.29 is 58.0 Å². The molecular formula is C104H122N12O12. The average molecular weight is 1730 g/mol. The molecule has 1 saturated carbocycles. The Bertz CT molecular complexity index is 5390. The van der Waals surface area contributed by atoms with E-state index in [1.807, 2.05) is 47.9 Å². The fourth-order valence-corrected chi connectivity index (χ4v) is 20.8. The number of nitrogens with one attached hydrogen (secondary N) is 3. The number of rotatable bonds is 21. The summed E-state index contributed by atoms with van der Waals surface area (Å²) in [7, 11) is 3.35. The second-order valence-corrected chi connectivity index (χ2v) is 35.7. The first-order valence-electron chi connectivity index (χ1n) is 45.6. The molecular weight excluding hydrogens is 1610 g/mol. The number of ether oxygens (including phenoxy) is 2. The minimum absolute atomic E-state index is 0.00224. The van der Waals surface area contributed by atoms with Crippen LogP contribution in [0.5, 0.6) is 0 Å². The van der Waals surface area contributed by atoms with E-state index in [2.05, 4.69) is 237 Å². The minimum Gasteiger partial charge on any atom is -0.394 e. The average Bonchev–Trinajstić information content (AvgIpc) is 0.739. The van der Waals surface area contributed by atoms with Gasteiger partial charge < -0.3 is 74.8 Å². The topological polar surface area (TPSA) is 270 Å². The van der Waals surface area contributed by atoms with E-state index in [0.717, 1.165) is 53.5 Å². The summed E-state index contributed by atoms with van der Waals surface area (Å²) >= 11 is 0. The number of carbonyl (C=O) groups excluding carboxylic acids is 8. The third-order valence-corrected chi connectivity index (χ3v) is 27.2. The number of piperazine rings is 4. The molecule has 24 heteroatoms. The van der Waals surface area contributed by atoms with Crippen LogP contribution in [0.15, 0.2) is 219 Å². The van der Waals surface area contributed by atoms with Gasteiger partial charge in [-0.05, 0) is 132 Å². The first-order valence-corrected chi connectivity index (χ1v) is 45.6. The monoisotopic (exact) mass is 1730 g/mol. The van der Waals surface area contributed by atoms with Crippen molar-refractivity contribution in [2.75, 3.05) is 106 Å². The number of hydrogen-bond donors (Lipinski definition) is 5. The molecule has 670 valence electrons. The number of aliphatic hydroxyl groups is 2. The molecule has 0 radical (unpaired) electrons. The first kappa shape index (κ1) is 90.7. The van der Waals surface area contributed by atoms with Crippen LogP contribution in [0.2, 0.25) is 0 Å². The van der Waals surface area contributed by atoms with Crippen molar-refractivity contribution in [3.05, 3.63) is 269 Å². The quantitative estimate of drug-likeness (QED) is 0.0448. The molecule has 8 aliphatic heterocycles. The maximum Gasteiger partial charge on any atom is 0.318 e. The van der Waals surface area contributed by atoms with E-state index in [-0.39, 0.29) is 171 Å². The highest BCUT2D eigenvalue weighted by molar-refractivity contribution is 5.91. The molecule has 0 bridgehead atoms. The van der Waals surface area contributed by atoms with Gasteiger partial charge in [0.05, 0.1) is 87.7 Å². The zero-order valence-electron chi connectivity index (χ0n) is 74.8. The number of aromatic nitrogens is 1. The molecule has 1 aliphatic carbocycles. The van der Waals surface area contributed by atoms with Gasteiger partial charge in [-0.2, -0.15) is 0 Å². The van der Waals surface area contributed by atoms with Crippen molar-refractivity contribution in [1.82, 2.24) is 60.1 Å². The first-order chi connectivity index (χ1) is 62.1. The Morgan fingerprint density at radius 1 is 0.383 bits per heavy atom. The van der Waals surface area contributed by atoms with Crippen LogP contribution in [0.3, 0.4) is 0 Å². The number of amides is 11. The van der Waals surface area contributed by atoms with E-state index in [4.69, 9.17) is 9.47 Å². The summed E-state index contributed by atoms with van der Waals surface area (Å²) in [6, 6.07) is 72.3. The zero-order valence-corrected chi connectivity index (χ0v) is 74.8. The Morgan fingerprint density at radius 3 is 1.02 bits per heavy atom. The predicted octanol–water partition coefficient (Wildman–Crippen LogP) is 13.3. The highest BCUT2D eigenvalue weighted by Gasteiger charge is 2.59. The molecule has 12 atom stereocenters. The second-order valence-electron chi connectivity index (χ2n) is 35.7. The van der Waals surface area contributed by atoms with E-state index >= 15 is 0 Å². The van der Waals surface area contributed by atoms with Gasteiger partial charge in [0.2, 0.25) is 29.5 Å². The highest BCUT2D eigenvalue weighted by Crippen LogP contribution is 2.48. The Kier molecular flexibility index (Phi) is 29.3. The number of pyridine rings is 1. The van der Waals surface area contributed by atoms with Crippen molar-refractivity contribution >= 4 is 47.6 Å². The standard InChI is InChI=1S/C28H35N3O3.C27H27N3O3.C25H31N3O3.C24H29N3O3/c1-19-7-6-8-22(15-19)20-11-13-21(14-12-20)27-24-16-30(17-26(32)31(24)25(27)18-34-2)28(33)29-23-9-4-3-5-10-23;1-18-5-4-6-21(13-18)19-8-10-20(11-9-19)27-23-15-29(16-26(33)30(23)24(27)17-31)25(32)14-22-7-2-3-12-28-22;1-4-12-26-25(30)27-14-21-24(22(16-31-3)28(21)23(29)15-27)19-10-8-18(9-11-19)20-7-5-6-17(2)13-20;1-3-11-25-24(30)26-13-20-23(21(15-28)27(20)22(29)14-26)18-9-7-17(8-10-18)19-6-4-5-16(2)12-19/h6-8,11-15,23-25,27H,3-5,9-10,16-18H2,1-2H3,(H,29,33);2-13,23-24,27,31H,14-17H2,1H3;5-11,13,21-22,24H,4,12,14-16H2,1-3H3,(H,26,30);4-10,12,20-21,23,28H,3,11,13-15H2,1-2H3,(H,25,30)/t24-,25-,27+;23-,24+,27-;21-,22+,24+;20-,21-,23+/m0000/s1. The normalized spacial score (nSPS) is 23.2. The molecule has 0 unspecified atom stereocenters. The molecule has 128 heavy (non-hydrogen) atoms.